The summed E-state index contributed by atoms with van der Waals surface area (Å²) in [6.07, 6.45) is -8.84. The van der Waals surface area contributed by atoms with Crippen LogP contribution in [0.5, 0.6) is 0 Å². The van der Waals surface area contributed by atoms with Gasteiger partial charge in [-0.15, -0.1) is 0 Å². The van der Waals surface area contributed by atoms with Gasteiger partial charge in [-0.1, -0.05) is 61.5 Å². The van der Waals surface area contributed by atoms with Gasteiger partial charge in [0, 0.05) is 0 Å². The predicted molar refractivity (Wildman–Crippen MR) is 117 cm³/mol. The van der Waals surface area contributed by atoms with Crippen molar-refractivity contribution in [3.63, 3.8) is 0 Å². The van der Waals surface area contributed by atoms with Crippen molar-refractivity contribution < 1.29 is 41.7 Å². The van der Waals surface area contributed by atoms with E-state index in [9.17, 15) is 41.7 Å². The number of aliphatic hydroxyl groups is 3. The van der Waals surface area contributed by atoms with Gasteiger partial charge in [0.2, 0.25) is 0 Å². The van der Waals surface area contributed by atoms with Crippen molar-refractivity contribution in [3.8, 4) is 0 Å². The van der Waals surface area contributed by atoms with Gasteiger partial charge in [-0.2, -0.15) is 26.3 Å². The Morgan fingerprint density at radius 3 is 1.94 bits per heavy atom. The number of alkyl halides is 6. The fourth-order valence-electron chi connectivity index (χ4n) is 3.42. The Morgan fingerprint density at radius 2 is 1.41 bits per heavy atom. The summed E-state index contributed by atoms with van der Waals surface area (Å²) in [5.74, 6) is 0. The molecule has 34 heavy (non-hydrogen) atoms. The minimum atomic E-state index is -5.91. The minimum Gasteiger partial charge on any atom is -0.392 e. The number of aryl methyl sites for hydroxylation is 2. The predicted octanol–water partition coefficient (Wildman–Crippen LogP) is 5.66. The molecule has 186 valence electrons. The third-order valence-electron chi connectivity index (χ3n) is 5.49. The molecule has 0 aliphatic carbocycles. The average Bonchev–Trinajstić information content (AvgIpc) is 2.78. The highest BCUT2D eigenvalue weighted by Crippen LogP contribution is 2.44. The quantitative estimate of drug-likeness (QED) is 0.315. The summed E-state index contributed by atoms with van der Waals surface area (Å²) in [4.78, 5) is 0. The molecule has 3 N–H and O–H groups in total. The molecule has 0 aliphatic heterocycles. The first-order valence-electron chi connectivity index (χ1n) is 10.5. The van der Waals surface area contributed by atoms with Crippen LogP contribution in [0.1, 0.15) is 41.2 Å². The van der Waals surface area contributed by atoms with Gasteiger partial charge < -0.3 is 15.3 Å². The van der Waals surface area contributed by atoms with Crippen LogP contribution in [0, 0.1) is 0 Å². The SMILES string of the molecule is CC/C(=C/C=C/C(O)(C(F)(F)F)C(F)(F)F)c1cccc(CCc2ccc(CO)c(CO)c2)c1. The largest absolute Gasteiger partial charge is 0.430 e. The van der Waals surface area contributed by atoms with Crippen LogP contribution < -0.4 is 0 Å². The van der Waals surface area contributed by atoms with Crippen molar-refractivity contribution in [3.05, 3.63) is 88.5 Å². The van der Waals surface area contributed by atoms with Crippen molar-refractivity contribution in [2.24, 2.45) is 0 Å². The summed E-state index contributed by atoms with van der Waals surface area (Å²) in [6.45, 7) is 1.34. The zero-order chi connectivity index (χ0) is 25.6. The summed E-state index contributed by atoms with van der Waals surface area (Å²) in [6, 6.07) is 12.5. The molecule has 0 atom stereocenters. The van der Waals surface area contributed by atoms with Crippen LogP contribution in [0.4, 0.5) is 26.3 Å². The number of aliphatic hydroxyl groups excluding tert-OH is 2. The molecule has 2 aromatic rings. The normalized spacial score (nSPS) is 13.6. The number of rotatable bonds is 9. The fourth-order valence-corrected chi connectivity index (χ4v) is 3.42. The van der Waals surface area contributed by atoms with E-state index in [2.05, 4.69) is 0 Å². The van der Waals surface area contributed by atoms with Crippen LogP contribution >= 0.6 is 0 Å². The highest BCUT2D eigenvalue weighted by molar-refractivity contribution is 5.67. The van der Waals surface area contributed by atoms with Crippen molar-refractivity contribution in [2.45, 2.75) is 57.4 Å². The first-order chi connectivity index (χ1) is 15.9. The Kier molecular flexibility index (Phi) is 9.10. The standard InChI is InChI=1S/C25H26F6O3/c1-2-19(7-4-12-23(34,24(26,27)28)25(29,30)31)20-6-3-5-17(13-20)8-9-18-10-11-21(15-32)22(14-18)16-33/h3-7,10-14,32-34H,2,8-9,15-16H2,1H3/b12-4+,19-7-. The van der Waals surface area contributed by atoms with E-state index in [1.165, 1.54) is 0 Å². The summed E-state index contributed by atoms with van der Waals surface area (Å²) < 4.78 is 77.0. The second-order valence-electron chi connectivity index (χ2n) is 7.79. The van der Waals surface area contributed by atoms with E-state index >= 15 is 0 Å². The summed E-state index contributed by atoms with van der Waals surface area (Å²) in [5, 5.41) is 28.0. The van der Waals surface area contributed by atoms with Gasteiger partial charge in [-0.05, 0) is 58.7 Å². The summed E-state index contributed by atoms with van der Waals surface area (Å²) in [7, 11) is 0. The molecular formula is C25H26F6O3. The van der Waals surface area contributed by atoms with E-state index in [4.69, 9.17) is 0 Å². The second kappa shape index (κ2) is 11.2. The molecule has 0 aliphatic rings. The Labute approximate surface area is 193 Å². The van der Waals surface area contributed by atoms with Gasteiger partial charge in [0.15, 0.2) is 0 Å². The van der Waals surface area contributed by atoms with Crippen molar-refractivity contribution >= 4 is 5.57 Å². The number of hydrogen-bond donors (Lipinski definition) is 3. The van der Waals surface area contributed by atoms with E-state index in [1.807, 2.05) is 12.1 Å². The van der Waals surface area contributed by atoms with Crippen LogP contribution in [-0.4, -0.2) is 33.3 Å². The molecule has 0 aromatic heterocycles. The maximum atomic E-state index is 12.8. The van der Waals surface area contributed by atoms with Gasteiger partial charge >= 0.3 is 12.4 Å². The lowest BCUT2D eigenvalue weighted by Crippen LogP contribution is -2.55. The van der Waals surface area contributed by atoms with Crippen LogP contribution in [0.2, 0.25) is 0 Å². The van der Waals surface area contributed by atoms with E-state index in [-0.39, 0.29) is 19.3 Å². The zero-order valence-corrected chi connectivity index (χ0v) is 18.4. The Morgan fingerprint density at radius 1 is 0.824 bits per heavy atom. The lowest BCUT2D eigenvalue weighted by Gasteiger charge is -2.29. The maximum absolute atomic E-state index is 12.8. The Balaban J connectivity index is 2.22. The van der Waals surface area contributed by atoms with Crippen LogP contribution in [0.15, 0.2) is 60.7 Å². The van der Waals surface area contributed by atoms with E-state index in [0.717, 1.165) is 17.2 Å². The molecule has 3 nitrogen and oxygen atoms in total. The van der Waals surface area contributed by atoms with Gasteiger partial charge in [0.05, 0.1) is 13.2 Å². The molecule has 0 amide bonds. The molecule has 0 saturated heterocycles. The molecule has 9 heteroatoms. The number of allylic oxidation sites excluding steroid dienone is 3. The highest BCUT2D eigenvalue weighted by atomic mass is 19.4. The van der Waals surface area contributed by atoms with Gasteiger partial charge in [0.1, 0.15) is 0 Å². The van der Waals surface area contributed by atoms with Crippen LogP contribution in [0.25, 0.3) is 5.57 Å². The van der Waals surface area contributed by atoms with Crippen LogP contribution in [0.3, 0.4) is 0 Å². The van der Waals surface area contributed by atoms with Gasteiger partial charge in [0.25, 0.3) is 5.60 Å². The first kappa shape index (κ1) is 27.6. The lowest BCUT2D eigenvalue weighted by atomic mass is 9.96. The smallest absolute Gasteiger partial charge is 0.392 e. The Bertz CT molecular complexity index is 1010. The molecule has 0 fully saturated rings. The van der Waals surface area contributed by atoms with Gasteiger partial charge in [-0.25, -0.2) is 0 Å². The van der Waals surface area contributed by atoms with Crippen molar-refractivity contribution in [1.82, 2.24) is 0 Å². The third-order valence-corrected chi connectivity index (χ3v) is 5.49. The minimum absolute atomic E-state index is 0.178. The Hall–Kier alpha value is -2.62. The monoisotopic (exact) mass is 488 g/mol. The van der Waals surface area contributed by atoms with Crippen molar-refractivity contribution in [2.75, 3.05) is 0 Å². The van der Waals surface area contributed by atoms with Crippen molar-refractivity contribution in [1.29, 1.82) is 0 Å². The van der Waals surface area contributed by atoms with Crippen LogP contribution in [-0.2, 0) is 26.1 Å². The molecule has 0 bridgehead atoms. The molecule has 0 saturated carbocycles. The summed E-state index contributed by atoms with van der Waals surface area (Å²) >= 11 is 0. The number of benzene rings is 2. The zero-order valence-electron chi connectivity index (χ0n) is 18.4. The molecule has 0 radical (unpaired) electrons. The molecule has 2 rings (SSSR count). The number of halogens is 6. The fraction of sp³-hybridized carbons (Fsp3) is 0.360. The van der Waals surface area contributed by atoms with E-state index in [1.54, 1.807) is 37.3 Å². The summed E-state index contributed by atoms with van der Waals surface area (Å²) in [5.41, 5.74) is -0.676. The topological polar surface area (TPSA) is 60.7 Å². The van der Waals surface area contributed by atoms with Gasteiger partial charge in [-0.3, -0.25) is 0 Å². The second-order valence-corrected chi connectivity index (χ2v) is 7.79. The van der Waals surface area contributed by atoms with E-state index in [0.29, 0.717) is 47.6 Å². The molecule has 0 spiro atoms. The van der Waals surface area contributed by atoms with E-state index < -0.39 is 18.0 Å². The molecule has 2 aromatic carbocycles. The highest BCUT2D eigenvalue weighted by Gasteiger charge is 2.68. The average molecular weight is 488 g/mol. The number of hydrogen-bond acceptors (Lipinski definition) is 3. The first-order valence-corrected chi connectivity index (χ1v) is 10.5. The third kappa shape index (κ3) is 6.49. The molecular weight excluding hydrogens is 462 g/mol. The molecule has 0 unspecified atom stereocenters. The molecule has 0 heterocycles. The lowest BCUT2D eigenvalue weighted by molar-refractivity contribution is -0.347. The maximum Gasteiger partial charge on any atom is 0.430 e.